The standard InChI is InChI=1S/C10H18BrN3/c1-14-9-10(8-13-14)4-7-12-6-3-2-5-11/h8-9,12H,2-7H2,1H3. The smallest absolute Gasteiger partial charge is 0.0522 e. The van der Waals surface area contributed by atoms with E-state index >= 15 is 0 Å². The summed E-state index contributed by atoms with van der Waals surface area (Å²) >= 11 is 3.42. The van der Waals surface area contributed by atoms with Crippen molar-refractivity contribution in [2.75, 3.05) is 18.4 Å². The Morgan fingerprint density at radius 2 is 2.29 bits per heavy atom. The Balaban J connectivity index is 1.99. The number of nitrogens with one attached hydrogen (secondary N) is 1. The third-order valence-corrected chi connectivity index (χ3v) is 2.65. The number of hydrogen-bond donors (Lipinski definition) is 1. The fourth-order valence-electron chi connectivity index (χ4n) is 1.30. The number of alkyl halides is 1. The number of rotatable bonds is 7. The van der Waals surface area contributed by atoms with E-state index in [-0.39, 0.29) is 0 Å². The maximum absolute atomic E-state index is 4.13. The molecule has 0 aliphatic carbocycles. The molecule has 0 saturated heterocycles. The summed E-state index contributed by atoms with van der Waals surface area (Å²) in [5.74, 6) is 0. The minimum atomic E-state index is 1.05. The summed E-state index contributed by atoms with van der Waals surface area (Å²) in [6.07, 6.45) is 7.57. The number of nitrogens with zero attached hydrogens (tertiary/aromatic N) is 2. The number of halogens is 1. The van der Waals surface area contributed by atoms with Gasteiger partial charge in [0.1, 0.15) is 0 Å². The van der Waals surface area contributed by atoms with E-state index in [4.69, 9.17) is 0 Å². The molecule has 1 rings (SSSR count). The maximum Gasteiger partial charge on any atom is 0.0522 e. The first-order valence-corrected chi connectivity index (χ1v) is 6.19. The highest BCUT2D eigenvalue weighted by molar-refractivity contribution is 9.09. The van der Waals surface area contributed by atoms with E-state index in [1.807, 2.05) is 17.9 Å². The predicted molar refractivity (Wildman–Crippen MR) is 62.8 cm³/mol. The minimum absolute atomic E-state index is 1.05. The molecule has 0 unspecified atom stereocenters. The van der Waals surface area contributed by atoms with Crippen LogP contribution >= 0.6 is 15.9 Å². The van der Waals surface area contributed by atoms with E-state index in [0.717, 1.165) is 24.8 Å². The molecule has 1 heterocycles. The van der Waals surface area contributed by atoms with E-state index in [0.29, 0.717) is 0 Å². The average Bonchev–Trinajstić information content (AvgIpc) is 2.58. The molecule has 0 bridgehead atoms. The number of unbranched alkanes of at least 4 members (excludes halogenated alkanes) is 1. The zero-order chi connectivity index (χ0) is 10.2. The lowest BCUT2D eigenvalue weighted by atomic mass is 10.2. The molecule has 0 saturated carbocycles. The molecule has 1 N–H and O–H groups in total. The third kappa shape index (κ3) is 4.77. The minimum Gasteiger partial charge on any atom is -0.316 e. The third-order valence-electron chi connectivity index (χ3n) is 2.09. The van der Waals surface area contributed by atoms with Gasteiger partial charge in [0, 0.05) is 18.6 Å². The van der Waals surface area contributed by atoms with Crippen molar-refractivity contribution in [3.8, 4) is 0 Å². The molecule has 0 atom stereocenters. The van der Waals surface area contributed by atoms with Gasteiger partial charge in [-0.2, -0.15) is 5.10 Å². The highest BCUT2D eigenvalue weighted by atomic mass is 79.9. The lowest BCUT2D eigenvalue weighted by Gasteiger charge is -2.01. The zero-order valence-electron chi connectivity index (χ0n) is 8.67. The Morgan fingerprint density at radius 1 is 1.43 bits per heavy atom. The first-order valence-electron chi connectivity index (χ1n) is 5.07. The van der Waals surface area contributed by atoms with Crippen molar-refractivity contribution < 1.29 is 0 Å². The van der Waals surface area contributed by atoms with Crippen LogP contribution in [0.25, 0.3) is 0 Å². The molecule has 0 fully saturated rings. The predicted octanol–water partition coefficient (Wildman–Crippen LogP) is 1.73. The molecular formula is C10H18BrN3. The molecule has 14 heavy (non-hydrogen) atoms. The summed E-state index contributed by atoms with van der Waals surface area (Å²) in [7, 11) is 1.95. The van der Waals surface area contributed by atoms with E-state index < -0.39 is 0 Å². The van der Waals surface area contributed by atoms with Crippen LogP contribution in [0.5, 0.6) is 0 Å². The Hall–Kier alpha value is -0.350. The summed E-state index contributed by atoms with van der Waals surface area (Å²) in [6, 6.07) is 0. The van der Waals surface area contributed by atoms with Crippen LogP contribution in [0.15, 0.2) is 12.4 Å². The van der Waals surface area contributed by atoms with Gasteiger partial charge in [-0.25, -0.2) is 0 Å². The van der Waals surface area contributed by atoms with Crippen LogP contribution in [-0.4, -0.2) is 28.2 Å². The van der Waals surface area contributed by atoms with E-state index in [2.05, 4.69) is 32.5 Å². The highest BCUT2D eigenvalue weighted by Crippen LogP contribution is 1.96. The average molecular weight is 260 g/mol. The zero-order valence-corrected chi connectivity index (χ0v) is 10.3. The number of hydrogen-bond acceptors (Lipinski definition) is 2. The molecule has 0 aliphatic rings. The van der Waals surface area contributed by atoms with Gasteiger partial charge in [0.15, 0.2) is 0 Å². The van der Waals surface area contributed by atoms with Crippen molar-refractivity contribution in [1.82, 2.24) is 15.1 Å². The molecule has 0 aliphatic heterocycles. The van der Waals surface area contributed by atoms with Crippen molar-refractivity contribution in [3.63, 3.8) is 0 Å². The Bertz CT molecular complexity index is 247. The second-order valence-corrected chi connectivity index (χ2v) is 4.21. The molecule has 4 heteroatoms. The van der Waals surface area contributed by atoms with Crippen molar-refractivity contribution in [2.24, 2.45) is 7.05 Å². The van der Waals surface area contributed by atoms with Crippen LogP contribution < -0.4 is 5.32 Å². The molecule has 0 amide bonds. The fourth-order valence-corrected chi connectivity index (χ4v) is 1.70. The van der Waals surface area contributed by atoms with E-state index in [1.165, 1.54) is 18.4 Å². The van der Waals surface area contributed by atoms with E-state index in [1.54, 1.807) is 0 Å². The molecular weight excluding hydrogens is 242 g/mol. The summed E-state index contributed by atoms with van der Waals surface area (Å²) in [5.41, 5.74) is 1.31. The maximum atomic E-state index is 4.13. The number of aromatic nitrogens is 2. The largest absolute Gasteiger partial charge is 0.316 e. The molecule has 80 valence electrons. The molecule has 1 aromatic heterocycles. The van der Waals surface area contributed by atoms with E-state index in [9.17, 15) is 0 Å². The Labute approximate surface area is 94.0 Å². The number of aryl methyl sites for hydroxylation is 1. The van der Waals surface area contributed by atoms with Gasteiger partial charge < -0.3 is 5.32 Å². The second kappa shape index (κ2) is 7.01. The van der Waals surface area contributed by atoms with Crippen molar-refractivity contribution in [2.45, 2.75) is 19.3 Å². The second-order valence-electron chi connectivity index (χ2n) is 3.42. The Kier molecular flexibility index (Phi) is 5.87. The van der Waals surface area contributed by atoms with Crippen LogP contribution in [0, 0.1) is 0 Å². The van der Waals surface area contributed by atoms with Gasteiger partial charge in [-0.15, -0.1) is 0 Å². The molecule has 0 radical (unpaired) electrons. The highest BCUT2D eigenvalue weighted by Gasteiger charge is 1.95. The van der Waals surface area contributed by atoms with Crippen molar-refractivity contribution in [3.05, 3.63) is 18.0 Å². The van der Waals surface area contributed by atoms with Gasteiger partial charge in [0.2, 0.25) is 0 Å². The van der Waals surface area contributed by atoms with Crippen molar-refractivity contribution >= 4 is 15.9 Å². The molecule has 0 spiro atoms. The summed E-state index contributed by atoms with van der Waals surface area (Å²) in [5, 5.41) is 8.66. The summed E-state index contributed by atoms with van der Waals surface area (Å²) in [4.78, 5) is 0. The van der Waals surface area contributed by atoms with Gasteiger partial charge in [-0.1, -0.05) is 15.9 Å². The van der Waals surface area contributed by atoms with Crippen LogP contribution in [0.2, 0.25) is 0 Å². The van der Waals surface area contributed by atoms with Crippen LogP contribution in [0.1, 0.15) is 18.4 Å². The molecule has 0 aromatic carbocycles. The van der Waals surface area contributed by atoms with Crippen molar-refractivity contribution in [1.29, 1.82) is 0 Å². The molecule has 3 nitrogen and oxygen atoms in total. The first kappa shape index (κ1) is 11.7. The van der Waals surface area contributed by atoms with Crippen LogP contribution in [-0.2, 0) is 13.5 Å². The fraction of sp³-hybridized carbons (Fsp3) is 0.700. The van der Waals surface area contributed by atoms with Crippen LogP contribution in [0.3, 0.4) is 0 Å². The van der Waals surface area contributed by atoms with Crippen LogP contribution in [0.4, 0.5) is 0 Å². The normalized spacial score (nSPS) is 10.7. The lowest BCUT2D eigenvalue weighted by Crippen LogP contribution is -2.18. The lowest BCUT2D eigenvalue weighted by molar-refractivity contribution is 0.643. The Morgan fingerprint density at radius 3 is 2.93 bits per heavy atom. The first-order chi connectivity index (χ1) is 6.83. The SMILES string of the molecule is Cn1cc(CCNCCCCBr)cn1. The summed E-state index contributed by atoms with van der Waals surface area (Å²) < 4.78 is 1.85. The quantitative estimate of drug-likeness (QED) is 0.597. The monoisotopic (exact) mass is 259 g/mol. The van der Waals surface area contributed by atoms with Gasteiger partial charge >= 0.3 is 0 Å². The van der Waals surface area contributed by atoms with Gasteiger partial charge in [0.25, 0.3) is 0 Å². The molecule has 1 aromatic rings. The topological polar surface area (TPSA) is 29.9 Å². The van der Waals surface area contributed by atoms with Gasteiger partial charge in [0.05, 0.1) is 6.20 Å². The van der Waals surface area contributed by atoms with Gasteiger partial charge in [-0.3, -0.25) is 4.68 Å². The van der Waals surface area contributed by atoms with Gasteiger partial charge in [-0.05, 0) is 37.9 Å². The summed E-state index contributed by atoms with van der Waals surface area (Å²) in [6.45, 7) is 2.17.